The molecule has 0 bridgehead atoms. The summed E-state index contributed by atoms with van der Waals surface area (Å²) in [5.41, 5.74) is -1.50. The zero-order chi connectivity index (χ0) is 20.3. The molecule has 7 heteroatoms. The van der Waals surface area contributed by atoms with E-state index in [2.05, 4.69) is 5.32 Å². The number of hydrogen-bond donors (Lipinski definition) is 1. The van der Waals surface area contributed by atoms with Crippen molar-refractivity contribution in [3.05, 3.63) is 75.9 Å². The Labute approximate surface area is 160 Å². The smallest absolute Gasteiger partial charge is 0.349 e. The Balaban J connectivity index is 1.88. The van der Waals surface area contributed by atoms with Gasteiger partial charge < -0.3 is 19.2 Å². The molecule has 0 saturated heterocycles. The molecular formula is C21H20FNO5. The first-order valence-corrected chi connectivity index (χ1v) is 8.59. The molecule has 1 aromatic heterocycles. The van der Waals surface area contributed by atoms with Gasteiger partial charge in [0.05, 0.1) is 13.7 Å². The van der Waals surface area contributed by atoms with Gasteiger partial charge in [0.25, 0.3) is 5.91 Å². The zero-order valence-electron chi connectivity index (χ0n) is 15.7. The molecule has 1 unspecified atom stereocenters. The number of benzene rings is 2. The molecular weight excluding hydrogens is 365 g/mol. The number of methoxy groups -OCH3 is 2. The average Bonchev–Trinajstić information content (AvgIpc) is 2.71. The summed E-state index contributed by atoms with van der Waals surface area (Å²) in [4.78, 5) is 24.9. The quantitative estimate of drug-likeness (QED) is 0.659. The van der Waals surface area contributed by atoms with Crippen LogP contribution in [0.25, 0.3) is 11.0 Å². The molecule has 3 rings (SSSR count). The van der Waals surface area contributed by atoms with Crippen molar-refractivity contribution in [2.75, 3.05) is 20.8 Å². The molecule has 1 amide bonds. The minimum atomic E-state index is -1.11. The summed E-state index contributed by atoms with van der Waals surface area (Å²) in [5, 5.41) is 3.18. The summed E-state index contributed by atoms with van der Waals surface area (Å²) in [6, 6.07) is 12.7. The van der Waals surface area contributed by atoms with E-state index in [1.54, 1.807) is 43.3 Å². The maximum absolute atomic E-state index is 14.2. The van der Waals surface area contributed by atoms with Crippen molar-refractivity contribution >= 4 is 16.9 Å². The van der Waals surface area contributed by atoms with Gasteiger partial charge in [-0.05, 0) is 25.1 Å². The van der Waals surface area contributed by atoms with Crippen LogP contribution in [-0.4, -0.2) is 26.7 Å². The molecule has 3 aromatic rings. The van der Waals surface area contributed by atoms with Gasteiger partial charge in [-0.1, -0.05) is 30.3 Å². The number of ether oxygens (including phenoxy) is 2. The standard InChI is InChI=1S/C21H20FNO5/c1-21(27-3,15-8-4-5-9-16(15)22)12-23-19(24)14-11-13-7-6-10-17(26-2)18(13)28-20(14)25/h4-11H,12H2,1-3H3,(H,23,24). The monoisotopic (exact) mass is 385 g/mol. The lowest BCUT2D eigenvalue weighted by Crippen LogP contribution is -2.41. The van der Waals surface area contributed by atoms with Crippen LogP contribution in [0.5, 0.6) is 5.75 Å². The SMILES string of the molecule is COc1cccc2cc(C(=O)NCC(C)(OC)c3ccccc3F)c(=O)oc12. The molecule has 0 aliphatic carbocycles. The fraction of sp³-hybridized carbons (Fsp3) is 0.238. The van der Waals surface area contributed by atoms with Crippen LogP contribution in [0.15, 0.2) is 57.7 Å². The van der Waals surface area contributed by atoms with E-state index in [-0.39, 0.29) is 17.7 Å². The second-order valence-corrected chi connectivity index (χ2v) is 6.42. The number of amides is 1. The summed E-state index contributed by atoms with van der Waals surface area (Å²) in [6.45, 7) is 1.61. The molecule has 0 aliphatic rings. The number of carbonyl (C=O) groups excluding carboxylic acids is 1. The fourth-order valence-electron chi connectivity index (χ4n) is 2.95. The normalized spacial score (nSPS) is 13.1. The highest BCUT2D eigenvalue weighted by atomic mass is 19.1. The number of nitrogens with one attached hydrogen (secondary N) is 1. The van der Waals surface area contributed by atoms with E-state index in [9.17, 15) is 14.0 Å². The highest BCUT2D eigenvalue weighted by Crippen LogP contribution is 2.27. The lowest BCUT2D eigenvalue weighted by molar-refractivity contribution is 0.000359. The van der Waals surface area contributed by atoms with Gasteiger partial charge in [0.2, 0.25) is 0 Å². The maximum atomic E-state index is 14.2. The van der Waals surface area contributed by atoms with E-state index in [1.165, 1.54) is 26.4 Å². The second kappa shape index (κ2) is 7.82. The predicted molar refractivity (Wildman–Crippen MR) is 102 cm³/mol. The Morgan fingerprint density at radius 3 is 2.61 bits per heavy atom. The van der Waals surface area contributed by atoms with Gasteiger partial charge >= 0.3 is 5.63 Å². The minimum absolute atomic E-state index is 0.0428. The van der Waals surface area contributed by atoms with Crippen molar-refractivity contribution < 1.29 is 23.1 Å². The summed E-state index contributed by atoms with van der Waals surface area (Å²) in [7, 11) is 2.89. The van der Waals surface area contributed by atoms with Crippen LogP contribution in [0.1, 0.15) is 22.8 Å². The molecule has 0 spiro atoms. The Morgan fingerprint density at radius 2 is 1.93 bits per heavy atom. The lowest BCUT2D eigenvalue weighted by Gasteiger charge is -2.29. The third kappa shape index (κ3) is 3.61. The van der Waals surface area contributed by atoms with Crippen molar-refractivity contribution in [1.29, 1.82) is 0 Å². The van der Waals surface area contributed by atoms with Gasteiger partial charge in [-0.25, -0.2) is 9.18 Å². The van der Waals surface area contributed by atoms with Crippen LogP contribution in [0.4, 0.5) is 4.39 Å². The van der Waals surface area contributed by atoms with Crippen LogP contribution in [0.2, 0.25) is 0 Å². The van der Waals surface area contributed by atoms with Gasteiger partial charge in [0.1, 0.15) is 17.0 Å². The molecule has 1 heterocycles. The molecule has 0 radical (unpaired) electrons. The van der Waals surface area contributed by atoms with Gasteiger partial charge in [-0.2, -0.15) is 0 Å². The second-order valence-electron chi connectivity index (χ2n) is 6.42. The van der Waals surface area contributed by atoms with Crippen molar-refractivity contribution in [2.45, 2.75) is 12.5 Å². The summed E-state index contributed by atoms with van der Waals surface area (Å²) >= 11 is 0. The summed E-state index contributed by atoms with van der Waals surface area (Å²) in [6.07, 6.45) is 0. The van der Waals surface area contributed by atoms with E-state index in [4.69, 9.17) is 13.9 Å². The molecule has 0 saturated carbocycles. The van der Waals surface area contributed by atoms with Crippen LogP contribution in [-0.2, 0) is 10.3 Å². The van der Waals surface area contributed by atoms with Gasteiger partial charge in [-0.15, -0.1) is 0 Å². The first-order valence-electron chi connectivity index (χ1n) is 8.59. The number of fused-ring (bicyclic) bond motifs is 1. The molecule has 1 N–H and O–H groups in total. The Hall–Kier alpha value is -3.19. The summed E-state index contributed by atoms with van der Waals surface area (Å²) in [5.74, 6) is -0.690. The minimum Gasteiger partial charge on any atom is -0.493 e. The number of carbonyl (C=O) groups is 1. The summed E-state index contributed by atoms with van der Waals surface area (Å²) < 4.78 is 30.0. The third-order valence-electron chi connectivity index (χ3n) is 4.67. The fourth-order valence-corrected chi connectivity index (χ4v) is 2.95. The highest BCUT2D eigenvalue weighted by Gasteiger charge is 2.30. The number of halogens is 1. The molecule has 6 nitrogen and oxygen atoms in total. The van der Waals surface area contributed by atoms with E-state index >= 15 is 0 Å². The molecule has 0 fully saturated rings. The first kappa shape index (κ1) is 19.6. The third-order valence-corrected chi connectivity index (χ3v) is 4.67. The van der Waals surface area contributed by atoms with E-state index < -0.39 is 23.0 Å². The number of para-hydroxylation sites is 1. The van der Waals surface area contributed by atoms with Gasteiger partial charge in [0.15, 0.2) is 11.3 Å². The molecule has 2 aromatic carbocycles. The molecule has 28 heavy (non-hydrogen) atoms. The van der Waals surface area contributed by atoms with Crippen LogP contribution in [0.3, 0.4) is 0 Å². The molecule has 146 valence electrons. The van der Waals surface area contributed by atoms with Gasteiger partial charge in [-0.3, -0.25) is 4.79 Å². The largest absolute Gasteiger partial charge is 0.493 e. The van der Waals surface area contributed by atoms with Crippen LogP contribution in [0, 0.1) is 5.82 Å². The Bertz CT molecular complexity index is 1080. The topological polar surface area (TPSA) is 77.8 Å². The lowest BCUT2D eigenvalue weighted by atomic mass is 9.95. The zero-order valence-corrected chi connectivity index (χ0v) is 15.7. The maximum Gasteiger partial charge on any atom is 0.349 e. The van der Waals surface area contributed by atoms with Gasteiger partial charge in [0, 0.05) is 18.1 Å². The Morgan fingerprint density at radius 1 is 1.18 bits per heavy atom. The highest BCUT2D eigenvalue weighted by molar-refractivity contribution is 5.97. The van der Waals surface area contributed by atoms with E-state index in [0.717, 1.165) is 0 Å². The van der Waals surface area contributed by atoms with E-state index in [1.807, 2.05) is 0 Å². The van der Waals surface area contributed by atoms with Crippen molar-refractivity contribution in [3.63, 3.8) is 0 Å². The van der Waals surface area contributed by atoms with Crippen LogP contribution >= 0.6 is 0 Å². The average molecular weight is 385 g/mol. The van der Waals surface area contributed by atoms with Crippen LogP contribution < -0.4 is 15.7 Å². The first-order chi connectivity index (χ1) is 13.4. The Kier molecular flexibility index (Phi) is 5.46. The molecule has 0 aliphatic heterocycles. The number of hydrogen-bond acceptors (Lipinski definition) is 5. The van der Waals surface area contributed by atoms with Crippen molar-refractivity contribution in [3.8, 4) is 5.75 Å². The number of rotatable bonds is 6. The predicted octanol–water partition coefficient (Wildman–Crippen LogP) is 3.23. The van der Waals surface area contributed by atoms with Crippen molar-refractivity contribution in [1.82, 2.24) is 5.32 Å². The van der Waals surface area contributed by atoms with E-state index in [0.29, 0.717) is 16.7 Å². The molecule has 1 atom stereocenters. The van der Waals surface area contributed by atoms with Crippen molar-refractivity contribution in [2.24, 2.45) is 0 Å².